The van der Waals surface area contributed by atoms with E-state index < -0.39 is 59.1 Å². The van der Waals surface area contributed by atoms with Crippen molar-refractivity contribution in [2.24, 2.45) is 0 Å². The molecule has 2 unspecified atom stereocenters. The zero-order valence-electron chi connectivity index (χ0n) is 36.0. The molecule has 0 saturated carbocycles. The molecule has 3 aliphatic heterocycles. The number of aromatic nitrogens is 2. The number of carbonyl (C=O) groups is 6. The number of aromatic amines is 2. The molecule has 0 aliphatic carbocycles. The molecule has 1 fully saturated rings. The van der Waals surface area contributed by atoms with Crippen molar-refractivity contribution in [3.8, 4) is 0 Å². The van der Waals surface area contributed by atoms with E-state index in [-0.39, 0.29) is 78.7 Å². The van der Waals surface area contributed by atoms with Gasteiger partial charge in [-0.25, -0.2) is 17.6 Å². The number of nitrogens with one attached hydrogen (secondary N) is 6. The number of aliphatic hydroxyl groups is 2. The SMILES string of the molecule is C.CC(=O)CC(O)CNC(=O)c1c(C)[nH]c(/C=C2\C(=O)Nc3ccc(F)c(F)c32)c1C.Cc1[nH]c(/C=C2\C(=O)Nc3ccc(F)c(F)c32)c(C)c1C(=O)NCC(O)CC(=O)N1CCOCC1. The van der Waals surface area contributed by atoms with Crippen molar-refractivity contribution >= 4 is 70.0 Å². The van der Waals surface area contributed by atoms with Crippen LogP contribution in [0.15, 0.2) is 24.3 Å². The van der Waals surface area contributed by atoms with Gasteiger partial charge >= 0.3 is 0 Å². The largest absolute Gasteiger partial charge is 0.391 e. The van der Waals surface area contributed by atoms with Crippen molar-refractivity contribution in [1.82, 2.24) is 25.5 Å². The van der Waals surface area contributed by atoms with E-state index in [9.17, 15) is 56.5 Å². The van der Waals surface area contributed by atoms with E-state index in [2.05, 4.69) is 31.2 Å². The molecule has 3 aliphatic rings. The number of halogens is 4. The number of carbonyl (C=O) groups excluding carboxylic acids is 6. The standard InChI is InChI=1S/C24H26F2N4O5.C21H21F2N3O4.CH4/c1-12-18(10-15-21-17(29-23(15)33)4-3-16(25)22(21)26)28-13(2)20(12)24(34)27-11-14(31)9-19(32)30-5-7-35-8-6-30;1-9(27)6-12(28)8-24-21(30)17-10(2)16(25-11(17)3)7-13-18-15(26-20(13)29)5-4-14(22)19(18)23;/h3-4,10,14,28,31H,5-9,11H2,1-2H3,(H,27,34)(H,29,33);4-5,7,12,25,28H,6,8H2,1-3H3,(H,24,30)(H,26,29);1H4/b15-10-;13-7-;. The highest BCUT2D eigenvalue weighted by Crippen LogP contribution is 2.38. The lowest BCUT2D eigenvalue weighted by Crippen LogP contribution is -2.43. The first-order valence-electron chi connectivity index (χ1n) is 20.5. The number of benzene rings is 2. The molecule has 16 nitrogen and oxygen atoms in total. The number of amides is 5. The molecule has 2 aromatic heterocycles. The number of Topliss-reactive ketones (excluding diaryl/α,β-unsaturated/α-hetero) is 1. The maximum absolute atomic E-state index is 14.4. The average molecular weight is 922 g/mol. The summed E-state index contributed by atoms with van der Waals surface area (Å²) >= 11 is 0. The lowest BCUT2D eigenvalue weighted by molar-refractivity contribution is -0.137. The fourth-order valence-electron chi connectivity index (χ4n) is 7.74. The van der Waals surface area contributed by atoms with Gasteiger partial charge in [-0.05, 0) is 82.2 Å². The summed E-state index contributed by atoms with van der Waals surface area (Å²) in [6.07, 6.45) is 0.487. The van der Waals surface area contributed by atoms with Crippen LogP contribution in [0.4, 0.5) is 28.9 Å². The molecule has 1 saturated heterocycles. The third-order valence-corrected chi connectivity index (χ3v) is 11.0. The number of rotatable bonds is 12. The van der Waals surface area contributed by atoms with E-state index in [1.165, 1.54) is 31.2 Å². The van der Waals surface area contributed by atoms with Crippen LogP contribution in [0.25, 0.3) is 23.3 Å². The fraction of sp³-hybridized carbons (Fsp3) is 0.348. The molecule has 8 N–H and O–H groups in total. The summed E-state index contributed by atoms with van der Waals surface area (Å²) in [5, 5.41) is 30.2. The van der Waals surface area contributed by atoms with Gasteiger partial charge in [-0.2, -0.15) is 0 Å². The topological polar surface area (TPSA) is 235 Å². The molecule has 4 aromatic rings. The van der Waals surface area contributed by atoms with E-state index in [0.717, 1.165) is 12.1 Å². The Balaban J connectivity index is 0.000000247. The molecule has 20 heteroatoms. The Hall–Kier alpha value is -6.90. The fourth-order valence-corrected chi connectivity index (χ4v) is 7.74. The summed E-state index contributed by atoms with van der Waals surface area (Å²) in [6, 6.07) is 4.44. The first kappa shape index (κ1) is 50.1. The van der Waals surface area contributed by atoms with Crippen LogP contribution in [0.2, 0.25) is 0 Å². The molecule has 7 rings (SSSR count). The van der Waals surface area contributed by atoms with Gasteiger partial charge in [0.25, 0.3) is 23.6 Å². The van der Waals surface area contributed by atoms with Crippen molar-refractivity contribution in [1.29, 1.82) is 0 Å². The van der Waals surface area contributed by atoms with Gasteiger partial charge in [0, 0.05) is 66.5 Å². The molecule has 0 radical (unpaired) electrons. The van der Waals surface area contributed by atoms with Crippen molar-refractivity contribution in [2.45, 2.75) is 67.1 Å². The number of ether oxygens (including phenoxy) is 1. The molecule has 2 aromatic carbocycles. The average Bonchev–Trinajstić information content (AvgIpc) is 3.94. The van der Waals surface area contributed by atoms with Gasteiger partial charge < -0.3 is 51.1 Å². The van der Waals surface area contributed by atoms with Crippen molar-refractivity contribution in [2.75, 3.05) is 50.0 Å². The summed E-state index contributed by atoms with van der Waals surface area (Å²) in [5.74, 6) is -6.93. The first-order chi connectivity index (χ1) is 30.8. The lowest BCUT2D eigenvalue weighted by atomic mass is 10.0. The Morgan fingerprint density at radius 1 is 0.712 bits per heavy atom. The van der Waals surface area contributed by atoms with Gasteiger partial charge in [-0.1, -0.05) is 7.43 Å². The molecule has 5 heterocycles. The summed E-state index contributed by atoms with van der Waals surface area (Å²) in [5.41, 5.74) is 3.23. The number of morpholine rings is 1. The smallest absolute Gasteiger partial charge is 0.256 e. The predicted octanol–water partition coefficient (Wildman–Crippen LogP) is 4.85. The molecule has 0 bridgehead atoms. The highest BCUT2D eigenvalue weighted by Gasteiger charge is 2.32. The molecule has 66 heavy (non-hydrogen) atoms. The highest BCUT2D eigenvalue weighted by atomic mass is 19.2. The number of aliphatic hydroxyl groups excluding tert-OH is 2. The Labute approximate surface area is 376 Å². The number of hydrogen-bond donors (Lipinski definition) is 8. The van der Waals surface area contributed by atoms with Crippen LogP contribution in [0.3, 0.4) is 0 Å². The molecular formula is C46H51F4N7O9. The van der Waals surface area contributed by atoms with Gasteiger partial charge in [-0.15, -0.1) is 0 Å². The predicted molar refractivity (Wildman–Crippen MR) is 237 cm³/mol. The Morgan fingerprint density at radius 2 is 1.12 bits per heavy atom. The van der Waals surface area contributed by atoms with Crippen LogP contribution >= 0.6 is 0 Å². The van der Waals surface area contributed by atoms with Crippen LogP contribution in [-0.4, -0.2) is 112 Å². The minimum Gasteiger partial charge on any atom is -0.391 e. The number of nitrogens with zero attached hydrogens (tertiary/aromatic N) is 1. The molecule has 5 amide bonds. The maximum Gasteiger partial charge on any atom is 0.256 e. The van der Waals surface area contributed by atoms with Gasteiger partial charge in [0.1, 0.15) is 5.78 Å². The number of hydrogen-bond acceptors (Lipinski definition) is 9. The van der Waals surface area contributed by atoms with E-state index >= 15 is 0 Å². The quantitative estimate of drug-likeness (QED) is 0.0716. The molecule has 0 spiro atoms. The first-order valence-corrected chi connectivity index (χ1v) is 20.5. The maximum atomic E-state index is 14.4. The van der Waals surface area contributed by atoms with Gasteiger partial charge in [0.05, 0.1) is 65.5 Å². The summed E-state index contributed by atoms with van der Waals surface area (Å²) in [7, 11) is 0. The Kier molecular flexibility index (Phi) is 15.9. The zero-order chi connectivity index (χ0) is 47.4. The minimum absolute atomic E-state index is 0. The molecule has 352 valence electrons. The van der Waals surface area contributed by atoms with Crippen LogP contribution in [0.1, 0.15) is 92.9 Å². The second kappa shape index (κ2) is 20.9. The van der Waals surface area contributed by atoms with Crippen LogP contribution in [0.5, 0.6) is 0 Å². The third kappa shape index (κ3) is 10.8. The van der Waals surface area contributed by atoms with E-state index in [0.29, 0.717) is 71.3 Å². The monoisotopic (exact) mass is 921 g/mol. The lowest BCUT2D eigenvalue weighted by Gasteiger charge is -2.27. The van der Waals surface area contributed by atoms with Crippen molar-refractivity contribution < 1.29 is 61.3 Å². The summed E-state index contributed by atoms with van der Waals surface area (Å²) < 4.78 is 61.3. The minimum atomic E-state index is -1.13. The van der Waals surface area contributed by atoms with Crippen molar-refractivity contribution in [3.63, 3.8) is 0 Å². The van der Waals surface area contributed by atoms with Gasteiger partial charge in [-0.3, -0.25) is 28.8 Å². The van der Waals surface area contributed by atoms with E-state index in [1.807, 2.05) is 0 Å². The molecule has 2 atom stereocenters. The van der Waals surface area contributed by atoms with Crippen molar-refractivity contribution in [3.05, 3.63) is 104 Å². The number of fused-ring (bicyclic) bond motifs is 2. The number of aryl methyl sites for hydroxylation is 2. The number of H-pyrrole nitrogens is 2. The second-order valence-corrected chi connectivity index (χ2v) is 15.8. The second-order valence-electron chi connectivity index (χ2n) is 15.8. The highest BCUT2D eigenvalue weighted by molar-refractivity contribution is 6.35. The Morgan fingerprint density at radius 3 is 1.53 bits per heavy atom. The summed E-state index contributed by atoms with van der Waals surface area (Å²) in [6.45, 7) is 9.57. The van der Waals surface area contributed by atoms with E-state index in [1.54, 1.807) is 32.6 Å². The third-order valence-electron chi connectivity index (χ3n) is 11.0. The Bertz CT molecular complexity index is 2660. The van der Waals surface area contributed by atoms with Gasteiger partial charge in [0.2, 0.25) is 5.91 Å². The number of ketones is 1. The normalized spacial score (nSPS) is 16.1. The van der Waals surface area contributed by atoms with Gasteiger partial charge in [0.15, 0.2) is 23.3 Å². The zero-order valence-corrected chi connectivity index (χ0v) is 36.0. The van der Waals surface area contributed by atoms with Crippen LogP contribution in [-0.2, 0) is 23.9 Å². The summed E-state index contributed by atoms with van der Waals surface area (Å²) in [4.78, 5) is 80.9. The number of anilines is 2. The van der Waals surface area contributed by atoms with Crippen LogP contribution < -0.4 is 21.3 Å². The van der Waals surface area contributed by atoms with Crippen LogP contribution in [0, 0.1) is 51.0 Å². The van der Waals surface area contributed by atoms with E-state index in [4.69, 9.17) is 4.74 Å². The molecular weight excluding hydrogens is 871 g/mol.